The average molecular weight is 444 g/mol. The number of nitrogens with zero attached hydrogens (tertiary/aromatic N) is 1. The van der Waals surface area contributed by atoms with Crippen molar-refractivity contribution in [2.45, 2.75) is 32.6 Å². The quantitative estimate of drug-likeness (QED) is 0.676. The van der Waals surface area contributed by atoms with Gasteiger partial charge < -0.3 is 10.1 Å². The lowest BCUT2D eigenvalue weighted by atomic mass is 10.1. The molecule has 0 bridgehead atoms. The van der Waals surface area contributed by atoms with E-state index in [2.05, 4.69) is 5.32 Å². The Morgan fingerprint density at radius 1 is 1.17 bits per heavy atom. The van der Waals surface area contributed by atoms with E-state index in [1.165, 1.54) is 13.0 Å². The largest absolute Gasteiger partial charge is 0.494 e. The molecule has 0 fully saturated rings. The lowest BCUT2D eigenvalue weighted by Crippen LogP contribution is -2.47. The van der Waals surface area contributed by atoms with E-state index in [0.29, 0.717) is 22.7 Å². The number of carbonyl (C=O) groups is 1. The van der Waals surface area contributed by atoms with Gasteiger partial charge in [0.1, 0.15) is 11.8 Å². The van der Waals surface area contributed by atoms with E-state index in [1.807, 2.05) is 6.92 Å². The molecule has 2 rings (SSSR count). The lowest BCUT2D eigenvalue weighted by molar-refractivity contribution is -0.137. The van der Waals surface area contributed by atoms with Gasteiger partial charge in [0.2, 0.25) is 15.9 Å². The van der Waals surface area contributed by atoms with Gasteiger partial charge in [-0.3, -0.25) is 9.10 Å². The average Bonchev–Trinajstić information content (AvgIpc) is 2.66. The Morgan fingerprint density at radius 2 is 1.80 bits per heavy atom. The van der Waals surface area contributed by atoms with Crippen molar-refractivity contribution in [1.29, 1.82) is 0 Å². The number of carbonyl (C=O) groups excluding carboxylic acids is 1. The third-order valence-corrected chi connectivity index (χ3v) is 5.46. The van der Waals surface area contributed by atoms with E-state index in [1.54, 1.807) is 24.3 Å². The van der Waals surface area contributed by atoms with Gasteiger partial charge in [-0.15, -0.1) is 0 Å². The van der Waals surface area contributed by atoms with Gasteiger partial charge in [0, 0.05) is 6.54 Å². The van der Waals surface area contributed by atoms with Gasteiger partial charge in [0.05, 0.1) is 24.1 Å². The van der Waals surface area contributed by atoms with Crippen LogP contribution in [0.4, 0.5) is 18.9 Å². The maximum atomic E-state index is 13.0. The lowest BCUT2D eigenvalue weighted by Gasteiger charge is -2.28. The van der Waals surface area contributed by atoms with Crippen molar-refractivity contribution in [1.82, 2.24) is 5.32 Å². The summed E-state index contributed by atoms with van der Waals surface area (Å²) in [5.74, 6) is 0.0282. The molecule has 0 aromatic heterocycles. The second kappa shape index (κ2) is 9.38. The van der Waals surface area contributed by atoms with Gasteiger partial charge in [0.15, 0.2) is 0 Å². The number of nitrogens with one attached hydrogen (secondary N) is 1. The highest BCUT2D eigenvalue weighted by Crippen LogP contribution is 2.32. The topological polar surface area (TPSA) is 75.7 Å². The molecule has 1 atom stereocenters. The summed E-state index contributed by atoms with van der Waals surface area (Å²) in [4.78, 5) is 12.6. The first kappa shape index (κ1) is 23.5. The molecule has 164 valence electrons. The highest BCUT2D eigenvalue weighted by molar-refractivity contribution is 7.92. The van der Waals surface area contributed by atoms with Crippen molar-refractivity contribution in [2.75, 3.05) is 17.2 Å². The Balaban J connectivity index is 2.19. The Morgan fingerprint density at radius 3 is 2.33 bits per heavy atom. The molecular weight excluding hydrogens is 421 g/mol. The Kier molecular flexibility index (Phi) is 7.35. The number of ether oxygens (including phenoxy) is 1. The van der Waals surface area contributed by atoms with E-state index in [-0.39, 0.29) is 12.2 Å². The van der Waals surface area contributed by atoms with Crippen molar-refractivity contribution in [3.8, 4) is 5.75 Å². The molecule has 0 heterocycles. The number of rotatable bonds is 8. The molecule has 6 nitrogen and oxygen atoms in total. The van der Waals surface area contributed by atoms with E-state index in [9.17, 15) is 26.4 Å². The van der Waals surface area contributed by atoms with Crippen LogP contribution >= 0.6 is 0 Å². The van der Waals surface area contributed by atoms with E-state index < -0.39 is 33.7 Å². The first-order valence-electron chi connectivity index (χ1n) is 9.09. The molecule has 0 unspecified atom stereocenters. The van der Waals surface area contributed by atoms with Crippen LogP contribution in [-0.4, -0.2) is 33.2 Å². The fourth-order valence-corrected chi connectivity index (χ4v) is 4.00. The monoisotopic (exact) mass is 444 g/mol. The van der Waals surface area contributed by atoms with Crippen LogP contribution in [-0.2, 0) is 27.5 Å². The molecule has 0 aliphatic heterocycles. The number of benzene rings is 2. The van der Waals surface area contributed by atoms with E-state index in [4.69, 9.17) is 4.74 Å². The summed E-state index contributed by atoms with van der Waals surface area (Å²) in [6.07, 6.45) is -3.80. The summed E-state index contributed by atoms with van der Waals surface area (Å²) in [6.45, 7) is 3.81. The maximum absolute atomic E-state index is 13.0. The molecular formula is C20H23F3N2O4S. The maximum Gasteiger partial charge on any atom is 0.416 e. The minimum atomic E-state index is -4.64. The zero-order valence-corrected chi connectivity index (χ0v) is 17.5. The molecule has 30 heavy (non-hydrogen) atoms. The summed E-state index contributed by atoms with van der Waals surface area (Å²) in [5.41, 5.74) is -0.490. The van der Waals surface area contributed by atoms with Crippen LogP contribution in [0.2, 0.25) is 0 Å². The van der Waals surface area contributed by atoms with Crippen molar-refractivity contribution in [3.05, 3.63) is 59.7 Å². The zero-order valence-electron chi connectivity index (χ0n) is 16.7. The Labute approximate surface area is 173 Å². The van der Waals surface area contributed by atoms with Gasteiger partial charge in [-0.1, -0.05) is 18.2 Å². The second-order valence-corrected chi connectivity index (χ2v) is 8.44. The highest BCUT2D eigenvalue weighted by Gasteiger charge is 2.34. The summed E-state index contributed by atoms with van der Waals surface area (Å²) >= 11 is 0. The summed E-state index contributed by atoms with van der Waals surface area (Å²) in [5, 5.41) is 2.61. The predicted molar refractivity (Wildman–Crippen MR) is 108 cm³/mol. The van der Waals surface area contributed by atoms with Crippen LogP contribution in [0.1, 0.15) is 25.0 Å². The molecule has 0 saturated carbocycles. The van der Waals surface area contributed by atoms with Crippen LogP contribution in [0.15, 0.2) is 48.5 Å². The number of anilines is 1. The van der Waals surface area contributed by atoms with E-state index in [0.717, 1.165) is 24.0 Å². The van der Waals surface area contributed by atoms with Crippen LogP contribution in [0, 0.1) is 0 Å². The highest BCUT2D eigenvalue weighted by atomic mass is 32.2. The summed E-state index contributed by atoms with van der Waals surface area (Å²) in [6, 6.07) is 9.56. The number of alkyl halides is 3. The smallest absolute Gasteiger partial charge is 0.416 e. The molecule has 1 N–H and O–H groups in total. The van der Waals surface area contributed by atoms with Crippen LogP contribution < -0.4 is 14.4 Å². The number of amides is 1. The SMILES string of the molecule is CCOc1ccc(CNC(=O)[C@@H](C)N(c2cccc(C(F)(F)F)c2)S(C)(=O)=O)cc1. The van der Waals surface area contributed by atoms with Gasteiger partial charge in [0.25, 0.3) is 0 Å². The van der Waals surface area contributed by atoms with Gasteiger partial charge in [-0.2, -0.15) is 13.2 Å². The molecule has 1 amide bonds. The Hall–Kier alpha value is -2.75. The van der Waals surface area contributed by atoms with Crippen LogP contribution in [0.3, 0.4) is 0 Å². The van der Waals surface area contributed by atoms with Crippen molar-refractivity contribution < 1.29 is 31.1 Å². The third kappa shape index (κ3) is 6.12. The number of sulfonamides is 1. The number of hydrogen-bond acceptors (Lipinski definition) is 4. The minimum absolute atomic E-state index is 0.121. The fraction of sp³-hybridized carbons (Fsp3) is 0.350. The molecule has 10 heteroatoms. The van der Waals surface area contributed by atoms with Crippen molar-refractivity contribution in [3.63, 3.8) is 0 Å². The molecule has 0 saturated heterocycles. The molecule has 2 aromatic rings. The normalized spacial score (nSPS) is 12.9. The van der Waals surface area contributed by atoms with Crippen LogP contribution in [0.5, 0.6) is 5.75 Å². The predicted octanol–water partition coefficient (Wildman–Crippen LogP) is 3.58. The summed E-state index contributed by atoms with van der Waals surface area (Å²) in [7, 11) is -4.03. The third-order valence-electron chi connectivity index (χ3n) is 4.22. The van der Waals surface area contributed by atoms with Gasteiger partial charge >= 0.3 is 6.18 Å². The first-order chi connectivity index (χ1) is 13.9. The number of hydrogen-bond donors (Lipinski definition) is 1. The first-order valence-corrected chi connectivity index (χ1v) is 10.9. The molecule has 0 spiro atoms. The number of halogens is 3. The molecule has 0 aliphatic carbocycles. The van der Waals surface area contributed by atoms with E-state index >= 15 is 0 Å². The second-order valence-electron chi connectivity index (χ2n) is 6.58. The molecule has 2 aromatic carbocycles. The fourth-order valence-electron chi connectivity index (χ4n) is 2.84. The van der Waals surface area contributed by atoms with Gasteiger partial charge in [-0.05, 0) is 49.7 Å². The Bertz CT molecular complexity index is 976. The van der Waals surface area contributed by atoms with Gasteiger partial charge in [-0.25, -0.2) is 8.42 Å². The standard InChI is InChI=1S/C20H23F3N2O4S/c1-4-29-18-10-8-15(9-11-18)13-24-19(26)14(2)25(30(3,27)28)17-7-5-6-16(12-17)20(21,22)23/h5-12,14H,4,13H2,1-3H3,(H,24,26)/t14-/m1/s1. The van der Waals surface area contributed by atoms with Crippen molar-refractivity contribution >= 4 is 21.6 Å². The van der Waals surface area contributed by atoms with Crippen LogP contribution in [0.25, 0.3) is 0 Å². The zero-order chi connectivity index (χ0) is 22.5. The molecule has 0 radical (unpaired) electrons. The minimum Gasteiger partial charge on any atom is -0.494 e. The molecule has 0 aliphatic rings. The summed E-state index contributed by atoms with van der Waals surface area (Å²) < 4.78 is 69.6. The van der Waals surface area contributed by atoms with Crippen molar-refractivity contribution in [2.24, 2.45) is 0 Å².